The number of aromatic nitrogens is 2. The van der Waals surface area contributed by atoms with Crippen molar-refractivity contribution in [2.24, 2.45) is 5.73 Å². The van der Waals surface area contributed by atoms with Gasteiger partial charge in [-0.3, -0.25) is 14.7 Å². The molecule has 1 atom stereocenters. The molecule has 24 heavy (non-hydrogen) atoms. The molecule has 1 saturated heterocycles. The fraction of sp³-hybridized carbons (Fsp3) is 0.353. The highest BCUT2D eigenvalue weighted by Crippen LogP contribution is 2.32. The van der Waals surface area contributed by atoms with Crippen LogP contribution in [0.5, 0.6) is 11.6 Å². The zero-order valence-electron chi connectivity index (χ0n) is 13.2. The lowest BCUT2D eigenvalue weighted by molar-refractivity contribution is -0.119. The molecule has 126 valence electrons. The normalized spacial score (nSPS) is 18.3. The summed E-state index contributed by atoms with van der Waals surface area (Å²) in [6.45, 7) is 1.73. The Labute approximate surface area is 139 Å². The molecule has 1 aliphatic heterocycles. The van der Waals surface area contributed by atoms with E-state index in [9.17, 15) is 9.18 Å². The molecule has 1 amide bonds. The second kappa shape index (κ2) is 7.35. The molecule has 2 heterocycles. The molecular formula is C17H19FN4O2. The number of halogens is 1. The number of hydrogen-bond donors (Lipinski definition) is 1. The minimum atomic E-state index is -0.372. The monoisotopic (exact) mass is 330 g/mol. The first-order chi connectivity index (χ1) is 11.6. The first-order valence-electron chi connectivity index (χ1n) is 7.87. The van der Waals surface area contributed by atoms with Gasteiger partial charge in [-0.25, -0.2) is 9.37 Å². The molecule has 1 aromatic heterocycles. The van der Waals surface area contributed by atoms with E-state index in [1.54, 1.807) is 24.5 Å². The second-order valence-electron chi connectivity index (χ2n) is 5.85. The summed E-state index contributed by atoms with van der Waals surface area (Å²) in [5.41, 5.74) is 6.00. The van der Waals surface area contributed by atoms with Gasteiger partial charge < -0.3 is 10.5 Å². The van der Waals surface area contributed by atoms with E-state index in [0.717, 1.165) is 25.1 Å². The number of benzene rings is 1. The van der Waals surface area contributed by atoms with Crippen LogP contribution < -0.4 is 10.5 Å². The molecule has 6 nitrogen and oxygen atoms in total. The van der Waals surface area contributed by atoms with E-state index in [1.165, 1.54) is 12.1 Å². The van der Waals surface area contributed by atoms with E-state index in [4.69, 9.17) is 10.5 Å². The van der Waals surface area contributed by atoms with Crippen molar-refractivity contribution in [1.29, 1.82) is 0 Å². The molecule has 7 heteroatoms. The van der Waals surface area contributed by atoms with Crippen LogP contribution in [0.4, 0.5) is 4.39 Å². The smallest absolute Gasteiger partial charge is 0.241 e. The molecule has 0 spiro atoms. The van der Waals surface area contributed by atoms with E-state index in [2.05, 4.69) is 9.97 Å². The Hall–Kier alpha value is -2.54. The highest BCUT2D eigenvalue weighted by Gasteiger charge is 2.26. The van der Waals surface area contributed by atoms with Crippen LogP contribution in [0.2, 0.25) is 0 Å². The summed E-state index contributed by atoms with van der Waals surface area (Å²) in [7, 11) is 0. The molecule has 0 unspecified atom stereocenters. The number of likely N-dealkylation sites (tertiary alicyclic amines) is 1. The molecule has 0 saturated carbocycles. The highest BCUT2D eigenvalue weighted by atomic mass is 19.1. The Morgan fingerprint density at radius 3 is 3.00 bits per heavy atom. The summed E-state index contributed by atoms with van der Waals surface area (Å²) >= 11 is 0. The molecule has 1 aromatic carbocycles. The maximum atomic E-state index is 13.3. The van der Waals surface area contributed by atoms with Crippen molar-refractivity contribution in [2.75, 3.05) is 19.6 Å². The zero-order valence-corrected chi connectivity index (χ0v) is 13.2. The first kappa shape index (κ1) is 16.3. The molecule has 1 aliphatic rings. The zero-order chi connectivity index (χ0) is 16.9. The van der Waals surface area contributed by atoms with Crippen LogP contribution in [0.3, 0.4) is 0 Å². The summed E-state index contributed by atoms with van der Waals surface area (Å²) in [6, 6.07) is 5.91. The van der Waals surface area contributed by atoms with Gasteiger partial charge in [-0.1, -0.05) is 6.07 Å². The molecule has 3 rings (SSSR count). The topological polar surface area (TPSA) is 81.3 Å². The summed E-state index contributed by atoms with van der Waals surface area (Å²) < 4.78 is 19.1. The maximum Gasteiger partial charge on any atom is 0.241 e. The van der Waals surface area contributed by atoms with Gasteiger partial charge in [0.2, 0.25) is 11.8 Å². The third-order valence-electron chi connectivity index (χ3n) is 3.97. The standard InChI is InChI=1S/C17H19FN4O2/c18-13-4-1-5-14(9-13)24-17-16(20-6-7-21-17)12-3-2-8-22(10-12)11-15(19)23/h1,4-7,9,12H,2-3,8,10-11H2,(H2,19,23)/t12-/m0/s1. The first-order valence-corrected chi connectivity index (χ1v) is 7.87. The summed E-state index contributed by atoms with van der Waals surface area (Å²) in [4.78, 5) is 21.8. The molecule has 0 aliphatic carbocycles. The Bertz CT molecular complexity index is 725. The number of nitrogens with zero attached hydrogens (tertiary/aromatic N) is 3. The van der Waals surface area contributed by atoms with Gasteiger partial charge in [-0.15, -0.1) is 0 Å². The summed E-state index contributed by atoms with van der Waals surface area (Å²) in [5, 5.41) is 0. The number of carbonyl (C=O) groups is 1. The van der Waals surface area contributed by atoms with Crippen molar-refractivity contribution in [3.8, 4) is 11.6 Å². The SMILES string of the molecule is NC(=O)CN1CCC[C@H](c2nccnc2Oc2cccc(F)c2)C1. The minimum Gasteiger partial charge on any atom is -0.437 e. The molecular weight excluding hydrogens is 311 g/mol. The van der Waals surface area contributed by atoms with E-state index >= 15 is 0 Å². The number of hydrogen-bond acceptors (Lipinski definition) is 5. The van der Waals surface area contributed by atoms with Crippen LogP contribution in [0.25, 0.3) is 0 Å². The van der Waals surface area contributed by atoms with Crippen molar-refractivity contribution in [2.45, 2.75) is 18.8 Å². The lowest BCUT2D eigenvalue weighted by Crippen LogP contribution is -2.40. The number of nitrogens with two attached hydrogens (primary N) is 1. The predicted molar refractivity (Wildman–Crippen MR) is 86.1 cm³/mol. The Balaban J connectivity index is 1.79. The maximum absolute atomic E-state index is 13.3. The van der Waals surface area contributed by atoms with E-state index in [0.29, 0.717) is 18.2 Å². The van der Waals surface area contributed by atoms with Gasteiger partial charge in [0.1, 0.15) is 17.3 Å². The Morgan fingerprint density at radius 1 is 1.38 bits per heavy atom. The van der Waals surface area contributed by atoms with E-state index < -0.39 is 0 Å². The summed E-state index contributed by atoms with van der Waals surface area (Å²) in [6.07, 6.45) is 5.02. The predicted octanol–water partition coefficient (Wildman–Crippen LogP) is 2.07. The Morgan fingerprint density at radius 2 is 2.21 bits per heavy atom. The molecule has 1 fully saturated rings. The molecule has 2 N–H and O–H groups in total. The van der Waals surface area contributed by atoms with Gasteiger partial charge in [0.25, 0.3) is 0 Å². The van der Waals surface area contributed by atoms with E-state index in [-0.39, 0.29) is 24.2 Å². The van der Waals surface area contributed by atoms with Gasteiger partial charge in [0.15, 0.2) is 0 Å². The third-order valence-corrected chi connectivity index (χ3v) is 3.97. The molecule has 0 bridgehead atoms. The quantitative estimate of drug-likeness (QED) is 0.907. The van der Waals surface area contributed by atoms with Crippen LogP contribution in [-0.4, -0.2) is 40.4 Å². The molecule has 2 aromatic rings. The Kier molecular flexibility index (Phi) is 5.00. The lowest BCUT2D eigenvalue weighted by atomic mass is 9.94. The van der Waals surface area contributed by atoms with Gasteiger partial charge >= 0.3 is 0 Å². The van der Waals surface area contributed by atoms with Crippen LogP contribution in [-0.2, 0) is 4.79 Å². The largest absolute Gasteiger partial charge is 0.437 e. The fourth-order valence-corrected chi connectivity index (χ4v) is 2.98. The fourth-order valence-electron chi connectivity index (χ4n) is 2.98. The van der Waals surface area contributed by atoms with Crippen molar-refractivity contribution < 1.29 is 13.9 Å². The van der Waals surface area contributed by atoms with Crippen molar-refractivity contribution in [3.05, 3.63) is 48.2 Å². The van der Waals surface area contributed by atoms with E-state index in [1.807, 2.05) is 4.90 Å². The second-order valence-corrected chi connectivity index (χ2v) is 5.85. The van der Waals surface area contributed by atoms with Crippen molar-refractivity contribution >= 4 is 5.91 Å². The van der Waals surface area contributed by atoms with Crippen LogP contribution >= 0.6 is 0 Å². The van der Waals surface area contributed by atoms with Gasteiger partial charge in [0, 0.05) is 30.9 Å². The van der Waals surface area contributed by atoms with Gasteiger partial charge in [-0.05, 0) is 31.5 Å². The number of piperidine rings is 1. The average Bonchev–Trinajstić information content (AvgIpc) is 2.55. The minimum absolute atomic E-state index is 0.0929. The van der Waals surface area contributed by atoms with Crippen LogP contribution in [0, 0.1) is 5.82 Å². The number of ether oxygens (including phenoxy) is 1. The van der Waals surface area contributed by atoms with Crippen molar-refractivity contribution in [3.63, 3.8) is 0 Å². The third kappa shape index (κ3) is 4.05. The average molecular weight is 330 g/mol. The number of rotatable bonds is 5. The van der Waals surface area contributed by atoms with Gasteiger partial charge in [-0.2, -0.15) is 0 Å². The lowest BCUT2D eigenvalue weighted by Gasteiger charge is -2.31. The van der Waals surface area contributed by atoms with Crippen LogP contribution in [0.15, 0.2) is 36.7 Å². The molecule has 0 radical (unpaired) electrons. The van der Waals surface area contributed by atoms with Crippen LogP contribution in [0.1, 0.15) is 24.5 Å². The van der Waals surface area contributed by atoms with Crippen molar-refractivity contribution in [1.82, 2.24) is 14.9 Å². The number of primary amides is 1. The number of amides is 1. The number of carbonyl (C=O) groups excluding carboxylic acids is 1. The van der Waals surface area contributed by atoms with Gasteiger partial charge in [0.05, 0.1) is 6.54 Å². The summed E-state index contributed by atoms with van der Waals surface area (Å²) in [5.74, 6) is 0.125. The highest BCUT2D eigenvalue weighted by molar-refractivity contribution is 5.75.